The number of hydrogen-bond acceptors (Lipinski definition) is 11. The lowest BCUT2D eigenvalue weighted by atomic mass is 10.1. The lowest BCUT2D eigenvalue weighted by molar-refractivity contribution is -0.110. The molecule has 13 heteroatoms. The molecule has 3 aliphatic rings. The van der Waals surface area contributed by atoms with Gasteiger partial charge in [0.25, 0.3) is 5.91 Å². The van der Waals surface area contributed by atoms with Gasteiger partial charge >= 0.3 is 0 Å². The summed E-state index contributed by atoms with van der Waals surface area (Å²) in [5.74, 6) is -0.0363. The molecule has 212 valence electrons. The summed E-state index contributed by atoms with van der Waals surface area (Å²) in [7, 11) is -1.31. The highest BCUT2D eigenvalue weighted by molar-refractivity contribution is 7.92. The molecule has 1 aromatic carbocycles. The molecule has 1 saturated heterocycles. The largest absolute Gasteiger partial charge is 0.473 e. The van der Waals surface area contributed by atoms with E-state index in [1.807, 2.05) is 6.07 Å². The number of likely N-dealkylation sites (tertiary alicyclic amines) is 1. The van der Waals surface area contributed by atoms with Gasteiger partial charge in [-0.05, 0) is 57.4 Å². The third-order valence-electron chi connectivity index (χ3n) is 7.37. The predicted octanol–water partition coefficient (Wildman–Crippen LogP) is 2.98. The van der Waals surface area contributed by atoms with Crippen LogP contribution >= 0.6 is 11.3 Å². The Morgan fingerprint density at radius 1 is 1.07 bits per heavy atom. The van der Waals surface area contributed by atoms with E-state index in [9.17, 15) is 18.3 Å². The zero-order valence-electron chi connectivity index (χ0n) is 22.0. The average molecular weight is 586 g/mol. The topological polar surface area (TPSA) is 143 Å². The highest BCUT2D eigenvalue weighted by Gasteiger charge is 2.37. The number of nitrogens with zero attached hydrogens (tertiary/aromatic N) is 4. The van der Waals surface area contributed by atoms with Crippen molar-refractivity contribution < 1.29 is 27.9 Å². The first-order valence-electron chi connectivity index (χ1n) is 13.4. The number of aromatic nitrogens is 2. The van der Waals surface area contributed by atoms with Gasteiger partial charge in [-0.25, -0.2) is 18.4 Å². The van der Waals surface area contributed by atoms with E-state index in [2.05, 4.69) is 32.4 Å². The van der Waals surface area contributed by atoms with Gasteiger partial charge in [-0.15, -0.1) is 0 Å². The minimum Gasteiger partial charge on any atom is -0.473 e. The molecule has 3 atom stereocenters. The summed E-state index contributed by atoms with van der Waals surface area (Å²) < 4.78 is 31.3. The van der Waals surface area contributed by atoms with E-state index in [1.165, 1.54) is 23.5 Å². The first-order valence-corrected chi connectivity index (χ1v) is 15.8. The number of aliphatic hydroxyl groups is 1. The lowest BCUT2D eigenvalue weighted by Crippen LogP contribution is -2.25. The van der Waals surface area contributed by atoms with Crippen LogP contribution in [0.1, 0.15) is 44.1 Å². The second-order valence-electron chi connectivity index (χ2n) is 10.6. The number of benzene rings is 1. The van der Waals surface area contributed by atoms with Gasteiger partial charge in [-0.2, -0.15) is 0 Å². The average Bonchev–Trinajstić information content (AvgIpc) is 3.43. The number of rotatable bonds is 9. The maximum Gasteiger partial charge on any atom is 0.280 e. The summed E-state index contributed by atoms with van der Waals surface area (Å²) in [4.78, 5) is 31.2. The molecule has 2 aromatic heterocycles. The standard InChI is InChI=1S/C27H31N5O6S2/c1-32-13-12-19(15-32)37-23-11-10-22-26(29-23)39-27(28-22)30-25(34)24(31-38-18-5-4-17(33)14-18)16-2-6-20(7-3-16)40(35,36)21-8-9-21/h2-3,6-7,10-11,17-19,21,33H,4-5,8-9,12-15H2,1H3,(H,28,30,34)/t17-,18-,19+/m1/s1. The molecule has 0 spiro atoms. The minimum absolute atomic E-state index is 0.0154. The Morgan fingerprint density at radius 2 is 1.88 bits per heavy atom. The van der Waals surface area contributed by atoms with Crippen LogP contribution in [0.15, 0.2) is 46.4 Å². The SMILES string of the molecule is CN1CC[C@H](Oc2ccc3nc(NC(=O)C(=NO[C@@H]4CC[C@@H](O)C4)c4ccc(S(=O)(=O)C5CC5)cc4)sc3n2)C1. The van der Waals surface area contributed by atoms with E-state index in [4.69, 9.17) is 9.57 Å². The third kappa shape index (κ3) is 5.97. The number of amides is 1. The molecule has 0 radical (unpaired) electrons. The molecule has 0 unspecified atom stereocenters. The fourth-order valence-corrected chi connectivity index (χ4v) is 7.46. The number of carbonyl (C=O) groups excluding carboxylic acids is 1. The zero-order chi connectivity index (χ0) is 27.9. The molecule has 11 nitrogen and oxygen atoms in total. The Hall–Kier alpha value is -3.13. The number of carbonyl (C=O) groups is 1. The molecule has 3 fully saturated rings. The maximum atomic E-state index is 13.4. The van der Waals surface area contributed by atoms with Gasteiger partial charge in [0.1, 0.15) is 22.6 Å². The third-order valence-corrected chi connectivity index (χ3v) is 10.5. The van der Waals surface area contributed by atoms with E-state index in [1.54, 1.807) is 18.2 Å². The van der Waals surface area contributed by atoms with Crippen LogP contribution in [0.4, 0.5) is 5.13 Å². The van der Waals surface area contributed by atoms with Crippen molar-refractivity contribution in [2.24, 2.45) is 5.16 Å². The Kier molecular flexibility index (Phi) is 7.46. The highest BCUT2D eigenvalue weighted by atomic mass is 32.2. The Balaban J connectivity index is 1.21. The Labute approximate surface area is 236 Å². The van der Waals surface area contributed by atoms with Crippen molar-refractivity contribution in [3.8, 4) is 5.88 Å². The van der Waals surface area contributed by atoms with Crippen molar-refractivity contribution in [1.82, 2.24) is 14.9 Å². The van der Waals surface area contributed by atoms with Gasteiger partial charge in [-0.3, -0.25) is 10.1 Å². The molecule has 2 N–H and O–H groups in total. The van der Waals surface area contributed by atoms with Crippen LogP contribution in [0.3, 0.4) is 0 Å². The number of nitrogens with one attached hydrogen (secondary N) is 1. The van der Waals surface area contributed by atoms with Crippen LogP contribution < -0.4 is 10.1 Å². The van der Waals surface area contributed by atoms with E-state index >= 15 is 0 Å². The zero-order valence-corrected chi connectivity index (χ0v) is 23.7. The molecular weight excluding hydrogens is 554 g/mol. The number of pyridine rings is 1. The first-order chi connectivity index (χ1) is 19.2. The summed E-state index contributed by atoms with van der Waals surface area (Å²) in [6.45, 7) is 1.83. The van der Waals surface area contributed by atoms with Gasteiger partial charge in [0.05, 0.1) is 16.2 Å². The Bertz CT molecular complexity index is 1540. The molecule has 1 aliphatic heterocycles. The first kappa shape index (κ1) is 27.1. The second kappa shape index (κ2) is 11.0. The number of thiazole rings is 1. The van der Waals surface area contributed by atoms with Gasteiger partial charge in [-0.1, -0.05) is 28.6 Å². The number of anilines is 1. The normalized spacial score (nSPS) is 23.9. The fourth-order valence-electron chi connectivity index (χ4n) is 4.98. The highest BCUT2D eigenvalue weighted by Crippen LogP contribution is 2.34. The monoisotopic (exact) mass is 585 g/mol. The predicted molar refractivity (Wildman–Crippen MR) is 150 cm³/mol. The Morgan fingerprint density at radius 3 is 2.55 bits per heavy atom. The van der Waals surface area contributed by atoms with E-state index < -0.39 is 21.8 Å². The number of ether oxygens (including phenoxy) is 1. The van der Waals surface area contributed by atoms with Crippen LogP contribution in [0.2, 0.25) is 0 Å². The van der Waals surface area contributed by atoms with Crippen molar-refractivity contribution in [2.45, 2.75) is 67.0 Å². The van der Waals surface area contributed by atoms with E-state index in [0.717, 1.165) is 19.5 Å². The molecule has 2 saturated carbocycles. The summed E-state index contributed by atoms with van der Waals surface area (Å²) in [5, 5.41) is 16.8. The molecule has 40 heavy (non-hydrogen) atoms. The van der Waals surface area contributed by atoms with Gasteiger partial charge < -0.3 is 19.6 Å². The maximum absolute atomic E-state index is 13.4. The van der Waals surface area contributed by atoms with Gasteiger partial charge in [0.15, 0.2) is 20.7 Å². The number of fused-ring (bicyclic) bond motifs is 1. The molecule has 3 aromatic rings. The minimum atomic E-state index is -3.36. The van der Waals surface area contributed by atoms with Crippen molar-refractivity contribution in [3.63, 3.8) is 0 Å². The second-order valence-corrected chi connectivity index (χ2v) is 13.8. The van der Waals surface area contributed by atoms with Crippen molar-refractivity contribution in [3.05, 3.63) is 42.0 Å². The van der Waals surface area contributed by atoms with Crippen molar-refractivity contribution in [1.29, 1.82) is 0 Å². The summed E-state index contributed by atoms with van der Waals surface area (Å²) >= 11 is 1.22. The summed E-state index contributed by atoms with van der Waals surface area (Å²) in [5.41, 5.74) is 1.01. The van der Waals surface area contributed by atoms with E-state index in [0.29, 0.717) is 59.0 Å². The lowest BCUT2D eigenvalue weighted by Gasteiger charge is -2.12. The van der Waals surface area contributed by atoms with Crippen molar-refractivity contribution in [2.75, 3.05) is 25.5 Å². The molecule has 0 bridgehead atoms. The van der Waals surface area contributed by atoms with Crippen LogP contribution in [0, 0.1) is 0 Å². The van der Waals surface area contributed by atoms with Crippen LogP contribution in [-0.2, 0) is 19.5 Å². The fraction of sp³-hybridized carbons (Fsp3) is 0.481. The summed E-state index contributed by atoms with van der Waals surface area (Å²) in [6.07, 6.45) is 3.28. The number of hydrogen-bond donors (Lipinski definition) is 2. The molecule has 3 heterocycles. The van der Waals surface area contributed by atoms with Gasteiger partial charge in [0.2, 0.25) is 5.88 Å². The number of likely N-dealkylation sites (N-methyl/N-ethyl adjacent to an activating group) is 1. The molecular formula is C27H31N5O6S2. The number of sulfone groups is 1. The quantitative estimate of drug-likeness (QED) is 0.286. The van der Waals surface area contributed by atoms with Crippen LogP contribution in [0.25, 0.3) is 10.3 Å². The number of oxime groups is 1. The van der Waals surface area contributed by atoms with E-state index in [-0.39, 0.29) is 28.1 Å². The summed E-state index contributed by atoms with van der Waals surface area (Å²) in [6, 6.07) is 9.70. The van der Waals surface area contributed by atoms with Crippen molar-refractivity contribution >= 4 is 48.3 Å². The number of aliphatic hydroxyl groups excluding tert-OH is 1. The van der Waals surface area contributed by atoms with Crippen LogP contribution in [-0.4, -0.2) is 83.7 Å². The van der Waals surface area contributed by atoms with Crippen LogP contribution in [0.5, 0.6) is 5.88 Å². The molecule has 6 rings (SSSR count). The smallest absolute Gasteiger partial charge is 0.280 e. The molecule has 1 amide bonds. The van der Waals surface area contributed by atoms with Gasteiger partial charge in [0, 0.05) is 31.1 Å². The molecule has 2 aliphatic carbocycles.